The number of ether oxygens (including phenoxy) is 1. The summed E-state index contributed by atoms with van der Waals surface area (Å²) in [5.74, 6) is 2.25. The number of hydrogen-bond donors (Lipinski definition) is 1. The van der Waals surface area contributed by atoms with E-state index in [-0.39, 0.29) is 0 Å². The molecule has 2 heteroatoms. The van der Waals surface area contributed by atoms with Crippen LogP contribution in [-0.4, -0.2) is 18.8 Å². The first-order chi connectivity index (χ1) is 8.27. The molecule has 2 fully saturated rings. The minimum absolute atomic E-state index is 0.382. The van der Waals surface area contributed by atoms with Crippen LogP contribution in [-0.2, 0) is 4.74 Å². The van der Waals surface area contributed by atoms with Gasteiger partial charge in [-0.25, -0.2) is 0 Å². The topological polar surface area (TPSA) is 35.2 Å². The molecular weight excluding hydrogens is 210 g/mol. The van der Waals surface area contributed by atoms with Crippen molar-refractivity contribution >= 4 is 0 Å². The summed E-state index contributed by atoms with van der Waals surface area (Å²) in [6, 6.07) is 0.382. The monoisotopic (exact) mass is 239 g/mol. The molecule has 1 heterocycles. The van der Waals surface area contributed by atoms with Crippen LogP contribution in [0.4, 0.5) is 0 Å². The second-order valence-electron chi connectivity index (χ2n) is 5.96. The third-order valence-electron chi connectivity index (χ3n) is 5.14. The molecule has 2 aliphatic rings. The highest BCUT2D eigenvalue weighted by Gasteiger charge is 2.38. The lowest BCUT2D eigenvalue weighted by Gasteiger charge is -2.38. The number of nitrogens with two attached hydrogens (primary N) is 1. The summed E-state index contributed by atoms with van der Waals surface area (Å²) in [6.07, 6.45) is 9.62. The standard InChI is InChI=1S/C15H29NO/c1-3-11-7-5-6-8-12(11)15(16)13-9-10-17-14(13)4-2/h11-15H,3-10,16H2,1-2H3. The quantitative estimate of drug-likeness (QED) is 0.816. The van der Waals surface area contributed by atoms with Gasteiger partial charge in [0, 0.05) is 18.6 Å². The van der Waals surface area contributed by atoms with Crippen molar-refractivity contribution in [1.82, 2.24) is 0 Å². The molecule has 2 N–H and O–H groups in total. The van der Waals surface area contributed by atoms with Crippen LogP contribution in [0.15, 0.2) is 0 Å². The predicted molar refractivity (Wildman–Crippen MR) is 71.9 cm³/mol. The molecule has 0 amide bonds. The lowest BCUT2D eigenvalue weighted by Crippen LogP contribution is -2.45. The fraction of sp³-hybridized carbons (Fsp3) is 1.00. The van der Waals surface area contributed by atoms with Crippen molar-refractivity contribution in [2.24, 2.45) is 23.5 Å². The van der Waals surface area contributed by atoms with Crippen LogP contribution in [0, 0.1) is 17.8 Å². The van der Waals surface area contributed by atoms with Gasteiger partial charge in [0.25, 0.3) is 0 Å². The molecule has 1 aliphatic carbocycles. The van der Waals surface area contributed by atoms with E-state index in [9.17, 15) is 0 Å². The third kappa shape index (κ3) is 2.85. The van der Waals surface area contributed by atoms with Crippen molar-refractivity contribution < 1.29 is 4.74 Å². The lowest BCUT2D eigenvalue weighted by atomic mass is 9.70. The van der Waals surface area contributed by atoms with Gasteiger partial charge in [0.1, 0.15) is 0 Å². The molecule has 0 aromatic heterocycles. The van der Waals surface area contributed by atoms with Gasteiger partial charge in [-0.05, 0) is 31.1 Å². The summed E-state index contributed by atoms with van der Waals surface area (Å²) in [4.78, 5) is 0. The summed E-state index contributed by atoms with van der Waals surface area (Å²) < 4.78 is 5.82. The molecule has 100 valence electrons. The largest absolute Gasteiger partial charge is 0.378 e. The van der Waals surface area contributed by atoms with Crippen LogP contribution >= 0.6 is 0 Å². The molecule has 0 aromatic carbocycles. The molecule has 0 radical (unpaired) electrons. The summed E-state index contributed by atoms with van der Waals surface area (Å²) in [7, 11) is 0. The summed E-state index contributed by atoms with van der Waals surface area (Å²) >= 11 is 0. The maximum absolute atomic E-state index is 6.61. The predicted octanol–water partition coefficient (Wildman–Crippen LogP) is 3.35. The highest BCUT2D eigenvalue weighted by Crippen LogP contribution is 2.39. The van der Waals surface area contributed by atoms with E-state index < -0.39 is 0 Å². The number of rotatable bonds is 4. The van der Waals surface area contributed by atoms with E-state index in [1.807, 2.05) is 0 Å². The van der Waals surface area contributed by atoms with Crippen molar-refractivity contribution in [1.29, 1.82) is 0 Å². The smallest absolute Gasteiger partial charge is 0.0616 e. The molecule has 5 atom stereocenters. The van der Waals surface area contributed by atoms with E-state index in [1.165, 1.54) is 38.5 Å². The van der Waals surface area contributed by atoms with Gasteiger partial charge in [-0.1, -0.05) is 39.5 Å². The highest BCUT2D eigenvalue weighted by atomic mass is 16.5. The third-order valence-corrected chi connectivity index (χ3v) is 5.14. The Morgan fingerprint density at radius 1 is 1.06 bits per heavy atom. The van der Waals surface area contributed by atoms with Gasteiger partial charge >= 0.3 is 0 Å². The van der Waals surface area contributed by atoms with Gasteiger partial charge in [-0.15, -0.1) is 0 Å². The van der Waals surface area contributed by atoms with E-state index in [0.717, 1.165) is 24.9 Å². The molecule has 5 unspecified atom stereocenters. The zero-order chi connectivity index (χ0) is 12.3. The van der Waals surface area contributed by atoms with E-state index in [2.05, 4.69) is 13.8 Å². The van der Waals surface area contributed by atoms with Gasteiger partial charge in [0.05, 0.1) is 6.10 Å². The fourth-order valence-corrected chi connectivity index (χ4v) is 4.09. The molecule has 0 bridgehead atoms. The maximum atomic E-state index is 6.61. The second kappa shape index (κ2) is 6.19. The van der Waals surface area contributed by atoms with Gasteiger partial charge < -0.3 is 10.5 Å². The molecule has 17 heavy (non-hydrogen) atoms. The van der Waals surface area contributed by atoms with E-state index in [4.69, 9.17) is 10.5 Å². The van der Waals surface area contributed by atoms with Crippen LogP contribution in [0.2, 0.25) is 0 Å². The summed E-state index contributed by atoms with van der Waals surface area (Å²) in [5.41, 5.74) is 6.61. The Hall–Kier alpha value is -0.0800. The molecule has 2 nitrogen and oxygen atoms in total. The molecule has 1 aliphatic heterocycles. The van der Waals surface area contributed by atoms with Crippen LogP contribution < -0.4 is 5.73 Å². The first-order valence-electron chi connectivity index (χ1n) is 7.65. The molecular formula is C15H29NO. The molecule has 0 aromatic rings. The molecule has 0 spiro atoms. The van der Waals surface area contributed by atoms with E-state index in [1.54, 1.807) is 0 Å². The Kier molecular flexibility index (Phi) is 4.87. The van der Waals surface area contributed by atoms with Crippen LogP contribution in [0.5, 0.6) is 0 Å². The summed E-state index contributed by atoms with van der Waals surface area (Å²) in [5, 5.41) is 0. The van der Waals surface area contributed by atoms with Gasteiger partial charge in [0.2, 0.25) is 0 Å². The van der Waals surface area contributed by atoms with E-state index in [0.29, 0.717) is 18.1 Å². The first kappa shape index (κ1) is 13.4. The minimum Gasteiger partial charge on any atom is -0.378 e. The van der Waals surface area contributed by atoms with E-state index >= 15 is 0 Å². The normalized spacial score (nSPS) is 40.4. The minimum atomic E-state index is 0.382. The van der Waals surface area contributed by atoms with Gasteiger partial charge in [-0.3, -0.25) is 0 Å². The Morgan fingerprint density at radius 3 is 2.53 bits per heavy atom. The number of hydrogen-bond acceptors (Lipinski definition) is 2. The lowest BCUT2D eigenvalue weighted by molar-refractivity contribution is 0.0632. The van der Waals surface area contributed by atoms with Crippen molar-refractivity contribution in [3.63, 3.8) is 0 Å². The SMILES string of the molecule is CCC1CCCCC1C(N)C1CCOC1CC. The first-order valence-corrected chi connectivity index (χ1v) is 7.65. The highest BCUT2D eigenvalue weighted by molar-refractivity contribution is 4.91. The maximum Gasteiger partial charge on any atom is 0.0616 e. The van der Waals surface area contributed by atoms with Gasteiger partial charge in [-0.2, -0.15) is 0 Å². The Morgan fingerprint density at radius 2 is 1.82 bits per heavy atom. The Balaban J connectivity index is 1.99. The zero-order valence-electron chi connectivity index (χ0n) is 11.5. The zero-order valence-corrected chi connectivity index (χ0v) is 11.5. The van der Waals surface area contributed by atoms with Crippen molar-refractivity contribution in [2.75, 3.05) is 6.61 Å². The van der Waals surface area contributed by atoms with Gasteiger partial charge in [0.15, 0.2) is 0 Å². The van der Waals surface area contributed by atoms with Crippen LogP contribution in [0.1, 0.15) is 58.8 Å². The molecule has 2 rings (SSSR count). The molecule has 1 saturated carbocycles. The molecule has 1 saturated heterocycles. The average Bonchev–Trinajstić information content (AvgIpc) is 2.86. The van der Waals surface area contributed by atoms with Crippen molar-refractivity contribution in [2.45, 2.75) is 70.9 Å². The van der Waals surface area contributed by atoms with Crippen LogP contribution in [0.3, 0.4) is 0 Å². The average molecular weight is 239 g/mol. The second-order valence-corrected chi connectivity index (χ2v) is 5.96. The fourth-order valence-electron chi connectivity index (χ4n) is 4.09. The Bertz CT molecular complexity index is 231. The Labute approximate surface area is 106 Å². The summed E-state index contributed by atoms with van der Waals surface area (Å²) in [6.45, 7) is 5.49. The van der Waals surface area contributed by atoms with Crippen molar-refractivity contribution in [3.05, 3.63) is 0 Å². The van der Waals surface area contributed by atoms with Crippen molar-refractivity contribution in [3.8, 4) is 0 Å². The van der Waals surface area contributed by atoms with Crippen LogP contribution in [0.25, 0.3) is 0 Å².